The van der Waals surface area contributed by atoms with Crippen LogP contribution in [-0.2, 0) is 14.3 Å². The molecule has 1 unspecified atom stereocenters. The Bertz CT molecular complexity index is 1650. The van der Waals surface area contributed by atoms with Crippen LogP contribution in [0.4, 0.5) is 5.82 Å². The van der Waals surface area contributed by atoms with Gasteiger partial charge in [-0.25, -0.2) is 4.98 Å². The molecule has 0 saturated carbocycles. The summed E-state index contributed by atoms with van der Waals surface area (Å²) in [4.78, 5) is 36.0. The Labute approximate surface area is 226 Å². The molecule has 1 fully saturated rings. The monoisotopic (exact) mass is 546 g/mol. The zero-order valence-corrected chi connectivity index (χ0v) is 22.6. The molecule has 3 N–H and O–H groups in total. The molecule has 10 nitrogen and oxygen atoms in total. The molecule has 2 atom stereocenters. The van der Waals surface area contributed by atoms with Crippen LogP contribution in [0.15, 0.2) is 53.7 Å². The Kier molecular flexibility index (Phi) is 6.96. The number of amides is 1. The summed E-state index contributed by atoms with van der Waals surface area (Å²) in [6, 6.07) is 11.2. The summed E-state index contributed by atoms with van der Waals surface area (Å²) in [5, 5.41) is 14.0. The maximum Gasteiger partial charge on any atom is 0.251 e. The first-order chi connectivity index (χ1) is 18.6. The zero-order valence-electron chi connectivity index (χ0n) is 21.8. The normalized spacial score (nSPS) is 16.6. The lowest BCUT2D eigenvalue weighted by Gasteiger charge is -2.33. The summed E-state index contributed by atoms with van der Waals surface area (Å²) >= 11 is 0. The molecule has 39 heavy (non-hydrogen) atoms. The lowest BCUT2D eigenvalue weighted by Crippen LogP contribution is -2.42. The van der Waals surface area contributed by atoms with E-state index in [1.807, 2.05) is 24.3 Å². The van der Waals surface area contributed by atoms with Crippen LogP contribution in [-0.4, -0.2) is 77.3 Å². The number of piperidine rings is 1. The van der Waals surface area contributed by atoms with E-state index < -0.39 is 15.6 Å². The van der Waals surface area contributed by atoms with E-state index in [0.29, 0.717) is 54.0 Å². The highest BCUT2D eigenvalue weighted by Gasteiger charge is 2.29. The summed E-state index contributed by atoms with van der Waals surface area (Å²) in [6.45, 7) is 2.38. The molecule has 1 aliphatic heterocycles. The number of hydrogen-bond acceptors (Lipinski definition) is 8. The van der Waals surface area contributed by atoms with E-state index in [9.17, 15) is 18.9 Å². The number of pyridine rings is 1. The maximum atomic E-state index is 12.2. The number of fused-ring (bicyclic) bond motifs is 1. The van der Waals surface area contributed by atoms with Gasteiger partial charge in [-0.15, -0.1) is 0 Å². The molecular formula is C28H30N6O4S. The van der Waals surface area contributed by atoms with E-state index in [1.54, 1.807) is 35.7 Å². The van der Waals surface area contributed by atoms with Gasteiger partial charge < -0.3 is 15.7 Å². The van der Waals surface area contributed by atoms with Gasteiger partial charge in [0.15, 0.2) is 11.9 Å². The van der Waals surface area contributed by atoms with E-state index in [-0.39, 0.29) is 17.6 Å². The third-order valence-electron chi connectivity index (χ3n) is 7.14. The van der Waals surface area contributed by atoms with Crippen molar-refractivity contribution < 1.29 is 18.9 Å². The van der Waals surface area contributed by atoms with Crippen LogP contribution in [0.25, 0.3) is 28.0 Å². The molecule has 0 spiro atoms. The highest BCUT2D eigenvalue weighted by atomic mass is 32.2. The standard InChI is InChI=1S/C28H30N6O4S/c1-17(36)28(37)33-12-10-19(11-13-33)25-23(16-35)26(29)34-27(32-25)22(15-31-34)20-6-9-24(30-14-20)18-4-7-21(8-5-18)39(2,3)38/h4-9,14-17,19,36H,2,10-13,29H2,1,3H3/t17-,39?/m1/s1. The van der Waals surface area contributed by atoms with Crippen molar-refractivity contribution in [3.05, 3.63) is 60.0 Å². The van der Waals surface area contributed by atoms with Crippen molar-refractivity contribution in [3.63, 3.8) is 0 Å². The van der Waals surface area contributed by atoms with Crippen LogP contribution in [0.3, 0.4) is 0 Å². The Balaban J connectivity index is 1.46. The van der Waals surface area contributed by atoms with Gasteiger partial charge in [0.2, 0.25) is 0 Å². The number of carbonyl (C=O) groups is 2. The molecule has 1 aromatic carbocycles. The zero-order chi connectivity index (χ0) is 27.9. The second-order valence-electron chi connectivity index (χ2n) is 9.94. The van der Waals surface area contributed by atoms with E-state index >= 15 is 0 Å². The number of nitrogen functional groups attached to an aromatic ring is 1. The quantitative estimate of drug-likeness (QED) is 0.277. The van der Waals surface area contributed by atoms with Crippen LogP contribution >= 0.6 is 0 Å². The van der Waals surface area contributed by atoms with Crippen LogP contribution in [0.2, 0.25) is 0 Å². The minimum atomic E-state index is -2.29. The Hall–Kier alpha value is -4.09. The minimum Gasteiger partial charge on any atom is -0.384 e. The van der Waals surface area contributed by atoms with Crippen molar-refractivity contribution in [2.45, 2.75) is 36.7 Å². The van der Waals surface area contributed by atoms with Gasteiger partial charge in [-0.1, -0.05) is 18.2 Å². The van der Waals surface area contributed by atoms with E-state index in [4.69, 9.17) is 10.7 Å². The van der Waals surface area contributed by atoms with E-state index in [2.05, 4.69) is 16.0 Å². The molecule has 11 heteroatoms. The largest absolute Gasteiger partial charge is 0.384 e. The Morgan fingerprint density at radius 1 is 1.15 bits per heavy atom. The summed E-state index contributed by atoms with van der Waals surface area (Å²) in [5.74, 6) is 3.56. The fourth-order valence-electron chi connectivity index (χ4n) is 4.96. The minimum absolute atomic E-state index is 0.0714. The summed E-state index contributed by atoms with van der Waals surface area (Å²) in [6.07, 6.45) is 5.85. The summed E-state index contributed by atoms with van der Waals surface area (Å²) in [5.41, 5.74) is 10.9. The molecular weight excluding hydrogens is 516 g/mol. The first kappa shape index (κ1) is 26.5. The van der Waals surface area contributed by atoms with Gasteiger partial charge in [0, 0.05) is 53.0 Å². The van der Waals surface area contributed by atoms with E-state index in [0.717, 1.165) is 22.4 Å². The van der Waals surface area contributed by atoms with Crippen LogP contribution < -0.4 is 5.73 Å². The van der Waals surface area contributed by atoms with Gasteiger partial charge >= 0.3 is 0 Å². The highest BCUT2D eigenvalue weighted by molar-refractivity contribution is 7.99. The summed E-state index contributed by atoms with van der Waals surface area (Å²) < 4.78 is 13.6. The number of likely N-dealkylation sites (tertiary alicyclic amines) is 1. The number of nitrogens with two attached hydrogens (primary N) is 1. The lowest BCUT2D eigenvalue weighted by atomic mass is 9.90. The molecule has 4 aromatic rings. The van der Waals surface area contributed by atoms with Gasteiger partial charge in [0.05, 0.1) is 23.1 Å². The summed E-state index contributed by atoms with van der Waals surface area (Å²) in [7, 11) is -2.29. The van der Waals surface area contributed by atoms with Gasteiger partial charge in [-0.2, -0.15) is 9.61 Å². The third kappa shape index (κ3) is 5.02. The van der Waals surface area contributed by atoms with Crippen molar-refractivity contribution in [1.29, 1.82) is 0 Å². The maximum absolute atomic E-state index is 12.2. The van der Waals surface area contributed by atoms with Crippen LogP contribution in [0.5, 0.6) is 0 Å². The smallest absolute Gasteiger partial charge is 0.251 e. The number of aliphatic hydroxyl groups is 1. The highest BCUT2D eigenvalue weighted by Crippen LogP contribution is 2.34. The number of rotatable bonds is 6. The number of carbonyl (C=O) groups excluding carboxylic acids is 2. The molecule has 0 radical (unpaired) electrons. The molecule has 0 bridgehead atoms. The first-order valence-corrected chi connectivity index (χ1v) is 14.7. The number of anilines is 1. The predicted octanol–water partition coefficient (Wildman–Crippen LogP) is 2.64. The van der Waals surface area contributed by atoms with Crippen molar-refractivity contribution in [3.8, 4) is 22.4 Å². The molecule has 4 heterocycles. The third-order valence-corrected chi connectivity index (χ3v) is 8.41. The number of hydrogen-bond donors (Lipinski definition) is 2. The number of benzene rings is 1. The number of aromatic nitrogens is 4. The molecule has 1 amide bonds. The van der Waals surface area contributed by atoms with E-state index in [1.165, 1.54) is 11.4 Å². The van der Waals surface area contributed by atoms with Crippen LogP contribution in [0.1, 0.15) is 41.7 Å². The molecule has 5 rings (SSSR count). The predicted molar refractivity (Wildman–Crippen MR) is 151 cm³/mol. The Morgan fingerprint density at radius 3 is 2.38 bits per heavy atom. The number of aldehydes is 1. The average molecular weight is 547 g/mol. The van der Waals surface area contributed by atoms with Crippen molar-refractivity contribution in [2.75, 3.05) is 25.1 Å². The fraction of sp³-hybridized carbons (Fsp3) is 0.286. The molecule has 1 saturated heterocycles. The Morgan fingerprint density at radius 2 is 1.82 bits per heavy atom. The van der Waals surface area contributed by atoms with Crippen molar-refractivity contribution >= 4 is 39.1 Å². The van der Waals surface area contributed by atoms with Crippen molar-refractivity contribution in [1.82, 2.24) is 24.5 Å². The molecule has 202 valence electrons. The molecule has 3 aromatic heterocycles. The SMILES string of the molecule is C=S(C)(=O)c1ccc(-c2ccc(-c3cnn4c(N)c(C=O)c(C5CCN(C(=O)[C@@H](C)O)CC5)nc34)cn2)cc1. The van der Waals surface area contributed by atoms with Gasteiger partial charge in [-0.3, -0.25) is 18.8 Å². The fourth-order valence-corrected chi connectivity index (χ4v) is 5.67. The molecule has 1 aliphatic rings. The van der Waals surface area contributed by atoms with Crippen molar-refractivity contribution in [2.24, 2.45) is 0 Å². The topological polar surface area (TPSA) is 144 Å². The lowest BCUT2D eigenvalue weighted by molar-refractivity contribution is -0.140. The second kappa shape index (κ2) is 10.2. The number of nitrogens with zero attached hydrogens (tertiary/aromatic N) is 5. The van der Waals surface area contributed by atoms with Gasteiger partial charge in [0.1, 0.15) is 11.9 Å². The average Bonchev–Trinajstić information content (AvgIpc) is 3.37. The first-order valence-electron chi connectivity index (χ1n) is 12.6. The van der Waals surface area contributed by atoms with Gasteiger partial charge in [0.25, 0.3) is 5.91 Å². The van der Waals surface area contributed by atoms with Crippen LogP contribution in [0, 0.1) is 0 Å². The second-order valence-corrected chi connectivity index (χ2v) is 12.4. The van der Waals surface area contributed by atoms with Gasteiger partial charge in [-0.05, 0) is 53.4 Å². The number of aliphatic hydroxyl groups excluding tert-OH is 1. The molecule has 0 aliphatic carbocycles.